The summed E-state index contributed by atoms with van der Waals surface area (Å²) in [7, 11) is 0. The molecule has 1 fully saturated rings. The van der Waals surface area contributed by atoms with E-state index in [1.54, 1.807) is 24.0 Å². The molecule has 1 aliphatic heterocycles. The van der Waals surface area contributed by atoms with Crippen molar-refractivity contribution >= 4 is 5.91 Å². The number of carbonyl (C=O) groups is 1. The number of ether oxygens (including phenoxy) is 1. The molecule has 0 spiro atoms. The fraction of sp³-hybridized carbons (Fsp3) is 0.533. The normalized spacial score (nSPS) is 21.9. The number of amides is 1. The number of nitrogens with two attached hydrogens (primary N) is 1. The highest BCUT2D eigenvalue weighted by molar-refractivity contribution is 5.94. The first-order chi connectivity index (χ1) is 9.32. The van der Waals surface area contributed by atoms with Crippen LogP contribution in [0.3, 0.4) is 0 Å². The van der Waals surface area contributed by atoms with E-state index in [1.165, 1.54) is 6.07 Å². The van der Waals surface area contributed by atoms with Crippen molar-refractivity contribution in [2.24, 2.45) is 5.73 Å². The van der Waals surface area contributed by atoms with Crippen LogP contribution < -0.4 is 5.73 Å². The highest BCUT2D eigenvalue weighted by atomic mass is 19.1. The molecule has 1 atom stereocenters. The molecule has 110 valence electrons. The number of nitrogens with zero attached hydrogens (tertiary/aromatic N) is 1. The number of hydrogen-bond donors (Lipinski definition) is 1. The average Bonchev–Trinajstić information content (AvgIpc) is 2.39. The van der Waals surface area contributed by atoms with Crippen LogP contribution in [-0.4, -0.2) is 42.1 Å². The van der Waals surface area contributed by atoms with Crippen molar-refractivity contribution in [2.45, 2.75) is 32.5 Å². The molecule has 1 unspecified atom stereocenters. The highest BCUT2D eigenvalue weighted by Crippen LogP contribution is 2.22. The Morgan fingerprint density at radius 2 is 2.25 bits per heavy atom. The van der Waals surface area contributed by atoms with E-state index in [2.05, 4.69) is 0 Å². The van der Waals surface area contributed by atoms with Gasteiger partial charge >= 0.3 is 0 Å². The maximum absolute atomic E-state index is 13.6. The average molecular weight is 280 g/mol. The predicted octanol–water partition coefficient (Wildman–Crippen LogP) is 1.71. The van der Waals surface area contributed by atoms with Crippen molar-refractivity contribution < 1.29 is 13.9 Å². The van der Waals surface area contributed by atoms with Crippen LogP contribution in [0.25, 0.3) is 0 Å². The molecule has 0 aliphatic carbocycles. The summed E-state index contributed by atoms with van der Waals surface area (Å²) in [5.74, 6) is -0.544. The van der Waals surface area contributed by atoms with E-state index >= 15 is 0 Å². The van der Waals surface area contributed by atoms with E-state index in [0.29, 0.717) is 30.8 Å². The Kier molecular flexibility index (Phi) is 4.11. The molecular weight excluding hydrogens is 259 g/mol. The Morgan fingerprint density at radius 1 is 1.55 bits per heavy atom. The summed E-state index contributed by atoms with van der Waals surface area (Å²) in [6.45, 7) is 6.78. The molecule has 0 saturated carbocycles. The quantitative estimate of drug-likeness (QED) is 0.897. The summed E-state index contributed by atoms with van der Waals surface area (Å²) < 4.78 is 19.4. The number of carbonyl (C=O) groups excluding carboxylic acids is 1. The van der Waals surface area contributed by atoms with Crippen molar-refractivity contribution in [2.75, 3.05) is 19.6 Å². The lowest BCUT2D eigenvalue weighted by Gasteiger charge is -2.42. The fourth-order valence-electron chi connectivity index (χ4n) is 2.48. The van der Waals surface area contributed by atoms with E-state index in [1.807, 2.05) is 13.8 Å². The van der Waals surface area contributed by atoms with Crippen molar-refractivity contribution in [1.82, 2.24) is 4.90 Å². The topological polar surface area (TPSA) is 55.6 Å². The third kappa shape index (κ3) is 3.16. The van der Waals surface area contributed by atoms with Gasteiger partial charge in [0.1, 0.15) is 5.82 Å². The summed E-state index contributed by atoms with van der Waals surface area (Å²) in [5, 5.41) is 0. The molecule has 2 N–H and O–H groups in total. The lowest BCUT2D eigenvalue weighted by Crippen LogP contribution is -2.56. The Hall–Kier alpha value is -1.46. The van der Waals surface area contributed by atoms with Crippen LogP contribution in [0.5, 0.6) is 0 Å². The predicted molar refractivity (Wildman–Crippen MR) is 75.0 cm³/mol. The maximum atomic E-state index is 13.6. The van der Waals surface area contributed by atoms with Gasteiger partial charge in [-0.25, -0.2) is 4.39 Å². The first-order valence-corrected chi connectivity index (χ1v) is 6.76. The minimum atomic E-state index is -0.443. The molecule has 0 aromatic heterocycles. The fourth-order valence-corrected chi connectivity index (χ4v) is 2.48. The van der Waals surface area contributed by atoms with Crippen molar-refractivity contribution in [1.29, 1.82) is 0 Å². The summed E-state index contributed by atoms with van der Waals surface area (Å²) in [4.78, 5) is 14.2. The summed E-state index contributed by atoms with van der Waals surface area (Å²) >= 11 is 0. The van der Waals surface area contributed by atoms with Crippen LogP contribution in [0.15, 0.2) is 18.2 Å². The minimum absolute atomic E-state index is 0.182. The minimum Gasteiger partial charge on any atom is -0.367 e. The largest absolute Gasteiger partial charge is 0.367 e. The number of rotatable bonds is 2. The Labute approximate surface area is 118 Å². The second-order valence-corrected chi connectivity index (χ2v) is 5.88. The molecule has 1 saturated heterocycles. The molecule has 0 bridgehead atoms. The standard InChI is InChI=1S/C15H21FN2O2/c1-10-4-5-11(6-13(10)16)14(19)18-8-12(7-17)20-15(2,3)9-18/h4-6,12H,7-9,17H2,1-3H3. The monoisotopic (exact) mass is 280 g/mol. The van der Waals surface area contributed by atoms with Gasteiger partial charge in [-0.05, 0) is 38.5 Å². The van der Waals surface area contributed by atoms with Gasteiger partial charge in [-0.2, -0.15) is 0 Å². The van der Waals surface area contributed by atoms with Gasteiger partial charge in [0.25, 0.3) is 5.91 Å². The van der Waals surface area contributed by atoms with Gasteiger partial charge in [-0.15, -0.1) is 0 Å². The van der Waals surface area contributed by atoms with Crippen LogP contribution in [0.2, 0.25) is 0 Å². The molecule has 1 heterocycles. The van der Waals surface area contributed by atoms with Crippen LogP contribution in [0, 0.1) is 12.7 Å². The highest BCUT2D eigenvalue weighted by Gasteiger charge is 2.35. The molecule has 1 aromatic carbocycles. The van der Waals surface area contributed by atoms with Gasteiger partial charge in [-0.3, -0.25) is 4.79 Å². The zero-order chi connectivity index (χ0) is 14.9. The number of aryl methyl sites for hydroxylation is 1. The molecule has 1 amide bonds. The van der Waals surface area contributed by atoms with Crippen molar-refractivity contribution in [3.05, 3.63) is 35.1 Å². The first kappa shape index (κ1) is 14.9. The Morgan fingerprint density at radius 3 is 2.85 bits per heavy atom. The third-order valence-corrected chi connectivity index (χ3v) is 3.45. The van der Waals surface area contributed by atoms with E-state index < -0.39 is 5.60 Å². The zero-order valence-electron chi connectivity index (χ0n) is 12.1. The SMILES string of the molecule is Cc1ccc(C(=O)N2CC(CN)OC(C)(C)C2)cc1F. The molecule has 1 aromatic rings. The van der Waals surface area contributed by atoms with Gasteiger partial charge in [0.15, 0.2) is 0 Å². The van der Waals surface area contributed by atoms with Crippen LogP contribution >= 0.6 is 0 Å². The van der Waals surface area contributed by atoms with E-state index in [0.717, 1.165) is 0 Å². The van der Waals surface area contributed by atoms with E-state index in [-0.39, 0.29) is 17.8 Å². The van der Waals surface area contributed by atoms with Crippen molar-refractivity contribution in [3.63, 3.8) is 0 Å². The van der Waals surface area contributed by atoms with Gasteiger partial charge in [0, 0.05) is 25.2 Å². The second-order valence-electron chi connectivity index (χ2n) is 5.88. The number of hydrogen-bond acceptors (Lipinski definition) is 3. The van der Waals surface area contributed by atoms with Crippen molar-refractivity contribution in [3.8, 4) is 0 Å². The molecule has 4 nitrogen and oxygen atoms in total. The van der Waals surface area contributed by atoms with E-state index in [9.17, 15) is 9.18 Å². The van der Waals surface area contributed by atoms with Gasteiger partial charge in [0.2, 0.25) is 0 Å². The molecule has 5 heteroatoms. The number of halogens is 1. The molecular formula is C15H21FN2O2. The molecule has 2 rings (SSSR count). The van der Waals surface area contributed by atoms with Crippen LogP contribution in [-0.2, 0) is 4.74 Å². The van der Waals surface area contributed by atoms with Gasteiger partial charge < -0.3 is 15.4 Å². The Bertz CT molecular complexity index is 517. The molecule has 1 aliphatic rings. The summed E-state index contributed by atoms with van der Waals surface area (Å²) in [5.41, 5.74) is 6.10. The molecule has 0 radical (unpaired) electrons. The van der Waals surface area contributed by atoms with E-state index in [4.69, 9.17) is 10.5 Å². The smallest absolute Gasteiger partial charge is 0.254 e. The maximum Gasteiger partial charge on any atom is 0.254 e. The lowest BCUT2D eigenvalue weighted by atomic mass is 10.0. The zero-order valence-corrected chi connectivity index (χ0v) is 12.1. The first-order valence-electron chi connectivity index (χ1n) is 6.76. The number of morpholine rings is 1. The van der Waals surface area contributed by atoms with Crippen LogP contribution in [0.1, 0.15) is 29.8 Å². The van der Waals surface area contributed by atoms with Gasteiger partial charge in [0.05, 0.1) is 11.7 Å². The third-order valence-electron chi connectivity index (χ3n) is 3.45. The van der Waals surface area contributed by atoms with Gasteiger partial charge in [-0.1, -0.05) is 6.07 Å². The second kappa shape index (κ2) is 5.50. The van der Waals surface area contributed by atoms with Crippen LogP contribution in [0.4, 0.5) is 4.39 Å². The molecule has 20 heavy (non-hydrogen) atoms. The lowest BCUT2D eigenvalue weighted by molar-refractivity contribution is -0.122. The summed E-state index contributed by atoms with van der Waals surface area (Å²) in [6.07, 6.45) is -0.182. The Balaban J connectivity index is 2.21. The summed E-state index contributed by atoms with van der Waals surface area (Å²) in [6, 6.07) is 4.56. The number of benzene rings is 1.